The number of likely N-dealkylation sites (N-methyl/N-ethyl adjacent to an activating group) is 1. The van der Waals surface area contributed by atoms with Gasteiger partial charge in [-0.1, -0.05) is 6.92 Å². The maximum atomic E-state index is 3.59. The second-order valence-electron chi connectivity index (χ2n) is 4.99. The molecule has 1 N–H and O–H groups in total. The van der Waals surface area contributed by atoms with Crippen LogP contribution in [0.3, 0.4) is 0 Å². The summed E-state index contributed by atoms with van der Waals surface area (Å²) in [6, 6.07) is 0.753. The third kappa shape index (κ3) is 2.68. The molecule has 1 saturated carbocycles. The summed E-state index contributed by atoms with van der Waals surface area (Å²) < 4.78 is 0. The SMILES string of the molecule is CC1CCNC1CN(C)CC1CC1. The molecule has 0 spiro atoms. The summed E-state index contributed by atoms with van der Waals surface area (Å²) >= 11 is 0. The Kier molecular flexibility index (Phi) is 2.89. The van der Waals surface area contributed by atoms with E-state index in [0.29, 0.717) is 0 Å². The van der Waals surface area contributed by atoms with Gasteiger partial charge in [0.2, 0.25) is 0 Å². The summed E-state index contributed by atoms with van der Waals surface area (Å²) in [6.45, 7) is 6.17. The van der Waals surface area contributed by atoms with Crippen molar-refractivity contribution >= 4 is 0 Å². The Morgan fingerprint density at radius 2 is 2.00 bits per heavy atom. The number of rotatable bonds is 4. The first-order valence-corrected chi connectivity index (χ1v) is 5.67. The molecular weight excluding hydrogens is 160 g/mol. The lowest BCUT2D eigenvalue weighted by Gasteiger charge is -2.23. The minimum atomic E-state index is 0.753. The molecule has 0 amide bonds. The van der Waals surface area contributed by atoms with E-state index in [0.717, 1.165) is 17.9 Å². The molecule has 76 valence electrons. The Bertz CT molecular complexity index is 165. The fraction of sp³-hybridized carbons (Fsp3) is 1.00. The van der Waals surface area contributed by atoms with E-state index in [1.165, 1.54) is 38.9 Å². The maximum Gasteiger partial charge on any atom is 0.0220 e. The molecule has 1 saturated heterocycles. The molecule has 1 aliphatic heterocycles. The fourth-order valence-electron chi connectivity index (χ4n) is 2.29. The molecule has 2 atom stereocenters. The second-order valence-corrected chi connectivity index (χ2v) is 4.99. The number of hydrogen-bond donors (Lipinski definition) is 1. The summed E-state index contributed by atoms with van der Waals surface area (Å²) in [5.74, 6) is 1.91. The van der Waals surface area contributed by atoms with Crippen molar-refractivity contribution in [2.75, 3.05) is 26.7 Å². The van der Waals surface area contributed by atoms with Gasteiger partial charge in [0.25, 0.3) is 0 Å². The van der Waals surface area contributed by atoms with Gasteiger partial charge in [-0.2, -0.15) is 0 Å². The van der Waals surface area contributed by atoms with Gasteiger partial charge in [-0.25, -0.2) is 0 Å². The van der Waals surface area contributed by atoms with Crippen LogP contribution >= 0.6 is 0 Å². The van der Waals surface area contributed by atoms with Crippen molar-refractivity contribution in [3.05, 3.63) is 0 Å². The van der Waals surface area contributed by atoms with Crippen LogP contribution in [0.25, 0.3) is 0 Å². The maximum absolute atomic E-state index is 3.59. The van der Waals surface area contributed by atoms with Crippen LogP contribution in [0.2, 0.25) is 0 Å². The Hall–Kier alpha value is -0.0800. The van der Waals surface area contributed by atoms with Gasteiger partial charge in [0.1, 0.15) is 0 Å². The highest BCUT2D eigenvalue weighted by Gasteiger charge is 2.27. The molecule has 0 bridgehead atoms. The lowest BCUT2D eigenvalue weighted by Crippen LogP contribution is -2.39. The number of hydrogen-bond acceptors (Lipinski definition) is 2. The van der Waals surface area contributed by atoms with E-state index in [2.05, 4.69) is 24.2 Å². The molecule has 0 aromatic heterocycles. The van der Waals surface area contributed by atoms with Gasteiger partial charge in [0.05, 0.1) is 0 Å². The second kappa shape index (κ2) is 3.97. The molecular formula is C11H22N2. The van der Waals surface area contributed by atoms with E-state index >= 15 is 0 Å². The third-order valence-electron chi connectivity index (χ3n) is 3.47. The Balaban J connectivity index is 1.69. The summed E-state index contributed by atoms with van der Waals surface area (Å²) in [7, 11) is 2.27. The normalized spacial score (nSPS) is 34.4. The molecule has 0 aromatic rings. The van der Waals surface area contributed by atoms with Crippen LogP contribution in [-0.2, 0) is 0 Å². The zero-order valence-electron chi connectivity index (χ0n) is 8.92. The molecule has 2 nitrogen and oxygen atoms in total. The predicted molar refractivity (Wildman–Crippen MR) is 55.8 cm³/mol. The Morgan fingerprint density at radius 3 is 2.54 bits per heavy atom. The highest BCUT2D eigenvalue weighted by atomic mass is 15.1. The molecule has 13 heavy (non-hydrogen) atoms. The molecule has 2 rings (SSSR count). The zero-order chi connectivity index (χ0) is 9.26. The molecule has 1 aliphatic carbocycles. The molecule has 1 heterocycles. The standard InChI is InChI=1S/C11H22N2/c1-9-5-6-12-11(9)8-13(2)7-10-3-4-10/h9-12H,3-8H2,1-2H3. The van der Waals surface area contributed by atoms with Gasteiger partial charge in [0.15, 0.2) is 0 Å². The summed E-state index contributed by atoms with van der Waals surface area (Å²) in [4.78, 5) is 2.51. The van der Waals surface area contributed by atoms with Crippen LogP contribution in [0.5, 0.6) is 0 Å². The van der Waals surface area contributed by atoms with Crippen LogP contribution in [0.1, 0.15) is 26.2 Å². The average molecular weight is 182 g/mol. The van der Waals surface area contributed by atoms with Gasteiger partial charge in [-0.05, 0) is 44.7 Å². The van der Waals surface area contributed by atoms with E-state index < -0.39 is 0 Å². The van der Waals surface area contributed by atoms with E-state index in [-0.39, 0.29) is 0 Å². The highest BCUT2D eigenvalue weighted by Crippen LogP contribution is 2.29. The summed E-state index contributed by atoms with van der Waals surface area (Å²) in [6.07, 6.45) is 4.30. The molecule has 2 fully saturated rings. The lowest BCUT2D eigenvalue weighted by molar-refractivity contribution is 0.269. The summed E-state index contributed by atoms with van der Waals surface area (Å²) in [5.41, 5.74) is 0. The number of nitrogens with one attached hydrogen (secondary N) is 1. The first kappa shape index (κ1) is 9.47. The highest BCUT2D eigenvalue weighted by molar-refractivity contribution is 4.84. The topological polar surface area (TPSA) is 15.3 Å². The van der Waals surface area contributed by atoms with E-state index in [1.807, 2.05) is 0 Å². The smallest absolute Gasteiger partial charge is 0.0220 e. The van der Waals surface area contributed by atoms with Crippen molar-refractivity contribution in [1.29, 1.82) is 0 Å². The molecule has 0 radical (unpaired) electrons. The van der Waals surface area contributed by atoms with Crippen molar-refractivity contribution in [1.82, 2.24) is 10.2 Å². The third-order valence-corrected chi connectivity index (χ3v) is 3.47. The van der Waals surface area contributed by atoms with Gasteiger partial charge in [0, 0.05) is 19.1 Å². The van der Waals surface area contributed by atoms with E-state index in [4.69, 9.17) is 0 Å². The minimum Gasteiger partial charge on any atom is -0.312 e. The van der Waals surface area contributed by atoms with Crippen molar-refractivity contribution in [2.45, 2.75) is 32.2 Å². The van der Waals surface area contributed by atoms with Crippen LogP contribution < -0.4 is 5.32 Å². The first-order valence-electron chi connectivity index (χ1n) is 5.67. The lowest BCUT2D eigenvalue weighted by atomic mass is 10.0. The van der Waals surface area contributed by atoms with Crippen molar-refractivity contribution in [3.8, 4) is 0 Å². The number of nitrogens with zero attached hydrogens (tertiary/aromatic N) is 1. The van der Waals surface area contributed by atoms with Crippen LogP contribution in [0.4, 0.5) is 0 Å². The molecule has 2 aliphatic rings. The first-order chi connectivity index (χ1) is 6.25. The quantitative estimate of drug-likeness (QED) is 0.705. The van der Waals surface area contributed by atoms with Gasteiger partial charge in [-0.3, -0.25) is 0 Å². The van der Waals surface area contributed by atoms with Crippen LogP contribution in [0, 0.1) is 11.8 Å². The van der Waals surface area contributed by atoms with Gasteiger partial charge < -0.3 is 10.2 Å². The van der Waals surface area contributed by atoms with Crippen LogP contribution in [0.15, 0.2) is 0 Å². The van der Waals surface area contributed by atoms with Crippen molar-refractivity contribution < 1.29 is 0 Å². The van der Waals surface area contributed by atoms with Crippen LogP contribution in [-0.4, -0.2) is 37.6 Å². The molecule has 2 heteroatoms. The molecule has 0 aromatic carbocycles. The summed E-state index contributed by atoms with van der Waals surface area (Å²) in [5, 5.41) is 3.59. The van der Waals surface area contributed by atoms with Gasteiger partial charge >= 0.3 is 0 Å². The Labute approximate surface area is 81.7 Å². The van der Waals surface area contributed by atoms with Crippen molar-refractivity contribution in [2.24, 2.45) is 11.8 Å². The predicted octanol–water partition coefficient (Wildman–Crippen LogP) is 1.33. The van der Waals surface area contributed by atoms with E-state index in [9.17, 15) is 0 Å². The molecule has 2 unspecified atom stereocenters. The fourth-order valence-corrected chi connectivity index (χ4v) is 2.29. The Morgan fingerprint density at radius 1 is 1.23 bits per heavy atom. The van der Waals surface area contributed by atoms with E-state index in [1.54, 1.807) is 0 Å². The largest absolute Gasteiger partial charge is 0.312 e. The minimum absolute atomic E-state index is 0.753. The zero-order valence-corrected chi connectivity index (χ0v) is 8.92. The van der Waals surface area contributed by atoms with Gasteiger partial charge in [-0.15, -0.1) is 0 Å². The average Bonchev–Trinajstić information content (AvgIpc) is 2.79. The van der Waals surface area contributed by atoms with Crippen molar-refractivity contribution in [3.63, 3.8) is 0 Å². The monoisotopic (exact) mass is 182 g/mol.